The Labute approximate surface area is 193 Å². The van der Waals surface area contributed by atoms with E-state index in [4.69, 9.17) is 9.47 Å². The van der Waals surface area contributed by atoms with Crippen molar-refractivity contribution < 1.29 is 14.3 Å². The SMILES string of the molecule is CCOC(=O)C1=C(C)N=c2s/c(=C\c3cccs3)c(=O)n2[C@H]1c1ccc(OC(C)C)cc1. The van der Waals surface area contributed by atoms with Crippen molar-refractivity contribution in [1.82, 2.24) is 4.57 Å². The molecule has 4 rings (SSSR count). The first-order valence-electron chi connectivity index (χ1n) is 10.4. The Bertz CT molecular complexity index is 1330. The van der Waals surface area contributed by atoms with Crippen molar-refractivity contribution in [2.45, 2.75) is 39.8 Å². The quantitative estimate of drug-likeness (QED) is 0.518. The van der Waals surface area contributed by atoms with Gasteiger partial charge in [0.25, 0.3) is 5.56 Å². The van der Waals surface area contributed by atoms with Crippen LogP contribution < -0.4 is 19.6 Å². The minimum atomic E-state index is -0.621. The second-order valence-electron chi connectivity index (χ2n) is 7.55. The number of carbonyl (C=O) groups excluding carboxylic acids is 1. The number of carbonyl (C=O) groups is 1. The largest absolute Gasteiger partial charge is 0.491 e. The van der Waals surface area contributed by atoms with Crippen molar-refractivity contribution in [1.29, 1.82) is 0 Å². The number of ether oxygens (including phenoxy) is 2. The molecule has 0 aliphatic carbocycles. The van der Waals surface area contributed by atoms with Gasteiger partial charge in [-0.05, 0) is 62.9 Å². The summed E-state index contributed by atoms with van der Waals surface area (Å²) in [6.07, 6.45) is 1.92. The van der Waals surface area contributed by atoms with Gasteiger partial charge in [0, 0.05) is 4.88 Å². The summed E-state index contributed by atoms with van der Waals surface area (Å²) >= 11 is 2.89. The second-order valence-corrected chi connectivity index (χ2v) is 9.54. The highest BCUT2D eigenvalue weighted by Crippen LogP contribution is 2.31. The molecule has 3 aromatic rings. The maximum atomic E-state index is 13.5. The highest BCUT2D eigenvalue weighted by atomic mass is 32.1. The first-order valence-corrected chi connectivity index (χ1v) is 12.1. The average Bonchev–Trinajstić information content (AvgIpc) is 3.36. The Morgan fingerprint density at radius 1 is 1.25 bits per heavy atom. The minimum absolute atomic E-state index is 0.0491. The molecule has 166 valence electrons. The zero-order chi connectivity index (χ0) is 22.8. The van der Waals surface area contributed by atoms with Crippen LogP contribution in [0.15, 0.2) is 62.8 Å². The molecule has 0 amide bonds. The van der Waals surface area contributed by atoms with Gasteiger partial charge in [-0.2, -0.15) is 0 Å². The molecule has 1 aromatic carbocycles. The number of nitrogens with zero attached hydrogens (tertiary/aromatic N) is 2. The number of fused-ring (bicyclic) bond motifs is 1. The van der Waals surface area contributed by atoms with Crippen molar-refractivity contribution in [3.63, 3.8) is 0 Å². The third-order valence-electron chi connectivity index (χ3n) is 4.90. The molecule has 0 saturated carbocycles. The van der Waals surface area contributed by atoms with Crippen molar-refractivity contribution in [3.05, 3.63) is 83.2 Å². The van der Waals surface area contributed by atoms with Crippen LogP contribution in [0.2, 0.25) is 0 Å². The number of esters is 1. The van der Waals surface area contributed by atoms with Gasteiger partial charge in [0.1, 0.15) is 5.75 Å². The summed E-state index contributed by atoms with van der Waals surface area (Å²) in [5.74, 6) is 0.265. The summed E-state index contributed by atoms with van der Waals surface area (Å²) in [6, 6.07) is 10.8. The normalized spacial score (nSPS) is 16.2. The van der Waals surface area contributed by atoms with Crippen molar-refractivity contribution in [3.8, 4) is 5.75 Å². The van der Waals surface area contributed by atoms with E-state index in [2.05, 4.69) is 4.99 Å². The lowest BCUT2D eigenvalue weighted by Gasteiger charge is -2.25. The van der Waals surface area contributed by atoms with Gasteiger partial charge in [0.05, 0.1) is 34.6 Å². The molecule has 2 aromatic heterocycles. The monoisotopic (exact) mass is 468 g/mol. The molecule has 1 aliphatic rings. The Balaban J connectivity index is 1.89. The molecule has 1 aliphatic heterocycles. The Hall–Kier alpha value is -2.97. The van der Waals surface area contributed by atoms with E-state index in [1.165, 1.54) is 11.3 Å². The Morgan fingerprint density at radius 3 is 2.62 bits per heavy atom. The smallest absolute Gasteiger partial charge is 0.338 e. The molecular weight excluding hydrogens is 444 g/mol. The lowest BCUT2D eigenvalue weighted by molar-refractivity contribution is -0.139. The zero-order valence-corrected chi connectivity index (χ0v) is 20.0. The van der Waals surface area contributed by atoms with E-state index in [1.807, 2.05) is 61.7 Å². The summed E-state index contributed by atoms with van der Waals surface area (Å²) in [6.45, 7) is 7.71. The highest BCUT2D eigenvalue weighted by molar-refractivity contribution is 7.11. The molecule has 0 N–H and O–H groups in total. The number of hydrogen-bond acceptors (Lipinski definition) is 7. The van der Waals surface area contributed by atoms with Crippen LogP contribution in [-0.4, -0.2) is 23.2 Å². The van der Waals surface area contributed by atoms with Crippen molar-refractivity contribution >= 4 is 34.7 Å². The van der Waals surface area contributed by atoms with Crippen molar-refractivity contribution in [2.75, 3.05) is 6.61 Å². The molecule has 0 saturated heterocycles. The van der Waals surface area contributed by atoms with E-state index in [0.717, 1.165) is 16.2 Å². The molecule has 0 fully saturated rings. The molecule has 0 bridgehead atoms. The fraction of sp³-hybridized carbons (Fsp3) is 0.292. The fourth-order valence-electron chi connectivity index (χ4n) is 3.61. The number of rotatable bonds is 6. The van der Waals surface area contributed by atoms with Crippen LogP contribution in [-0.2, 0) is 9.53 Å². The predicted molar refractivity (Wildman–Crippen MR) is 127 cm³/mol. The summed E-state index contributed by atoms with van der Waals surface area (Å²) < 4.78 is 13.3. The zero-order valence-electron chi connectivity index (χ0n) is 18.3. The van der Waals surface area contributed by atoms with E-state index in [-0.39, 0.29) is 18.3 Å². The number of aromatic nitrogens is 1. The second kappa shape index (κ2) is 9.26. The summed E-state index contributed by atoms with van der Waals surface area (Å²) in [7, 11) is 0. The maximum Gasteiger partial charge on any atom is 0.338 e. The topological polar surface area (TPSA) is 69.9 Å². The van der Waals surface area contributed by atoms with Gasteiger partial charge in [-0.3, -0.25) is 9.36 Å². The number of benzene rings is 1. The van der Waals surface area contributed by atoms with Crippen LogP contribution >= 0.6 is 22.7 Å². The number of allylic oxidation sites excluding steroid dienone is 1. The van der Waals surface area contributed by atoms with Gasteiger partial charge >= 0.3 is 5.97 Å². The standard InChI is InChI=1S/C24H24N2O4S2/c1-5-29-23(28)20-15(4)25-24-26(22(27)19(32-24)13-18-7-6-12-31-18)21(20)16-8-10-17(11-9-16)30-14(2)3/h6-14,21H,5H2,1-4H3/b19-13-/t21-/m0/s1. The molecule has 1 atom stereocenters. The van der Waals surface area contributed by atoms with Crippen LogP contribution in [0.4, 0.5) is 0 Å². The first-order chi connectivity index (χ1) is 15.4. The summed E-state index contributed by atoms with van der Waals surface area (Å²) in [4.78, 5) is 32.5. The van der Waals surface area contributed by atoms with Crippen LogP contribution in [0.1, 0.15) is 44.2 Å². The predicted octanol–water partition coefficient (Wildman–Crippen LogP) is 3.65. The highest BCUT2D eigenvalue weighted by Gasteiger charge is 2.33. The summed E-state index contributed by atoms with van der Waals surface area (Å²) in [5, 5.41) is 1.97. The number of thiazole rings is 1. The van der Waals surface area contributed by atoms with Gasteiger partial charge < -0.3 is 9.47 Å². The van der Waals surface area contributed by atoms with Gasteiger partial charge in [-0.25, -0.2) is 9.79 Å². The van der Waals surface area contributed by atoms with E-state index in [0.29, 0.717) is 20.6 Å². The van der Waals surface area contributed by atoms with Crippen LogP contribution in [0.5, 0.6) is 5.75 Å². The lowest BCUT2D eigenvalue weighted by Crippen LogP contribution is -2.39. The molecule has 32 heavy (non-hydrogen) atoms. The number of thiophene rings is 1. The fourth-order valence-corrected chi connectivity index (χ4v) is 5.38. The molecule has 8 heteroatoms. The summed E-state index contributed by atoms with van der Waals surface area (Å²) in [5.41, 5.74) is 1.55. The van der Waals surface area contributed by atoms with Gasteiger partial charge in [0.2, 0.25) is 0 Å². The molecule has 0 unspecified atom stereocenters. The van der Waals surface area contributed by atoms with E-state index in [9.17, 15) is 9.59 Å². The van der Waals surface area contributed by atoms with Crippen LogP contribution in [0, 0.1) is 0 Å². The van der Waals surface area contributed by atoms with Crippen LogP contribution in [0.3, 0.4) is 0 Å². The van der Waals surface area contributed by atoms with Gasteiger partial charge in [-0.1, -0.05) is 29.5 Å². The van der Waals surface area contributed by atoms with Gasteiger partial charge in [0.15, 0.2) is 4.80 Å². The molecular formula is C24H24N2O4S2. The van der Waals surface area contributed by atoms with E-state index < -0.39 is 12.0 Å². The number of hydrogen-bond donors (Lipinski definition) is 0. The molecule has 6 nitrogen and oxygen atoms in total. The third-order valence-corrected chi connectivity index (χ3v) is 6.70. The van der Waals surface area contributed by atoms with E-state index in [1.54, 1.807) is 29.8 Å². The maximum absolute atomic E-state index is 13.5. The van der Waals surface area contributed by atoms with E-state index >= 15 is 0 Å². The molecule has 0 spiro atoms. The Morgan fingerprint density at radius 2 is 2.00 bits per heavy atom. The molecule has 0 radical (unpaired) electrons. The minimum Gasteiger partial charge on any atom is -0.491 e. The van der Waals surface area contributed by atoms with Crippen molar-refractivity contribution in [2.24, 2.45) is 4.99 Å². The third kappa shape index (κ3) is 4.33. The Kier molecular flexibility index (Phi) is 6.43. The first kappa shape index (κ1) is 22.2. The average molecular weight is 469 g/mol. The van der Waals surface area contributed by atoms with Crippen LogP contribution in [0.25, 0.3) is 6.08 Å². The van der Waals surface area contributed by atoms with Gasteiger partial charge in [-0.15, -0.1) is 11.3 Å². The molecule has 3 heterocycles. The lowest BCUT2D eigenvalue weighted by atomic mass is 9.96.